The molecule has 0 unspecified atom stereocenters. The van der Waals surface area contributed by atoms with Crippen molar-refractivity contribution in [1.82, 2.24) is 19.5 Å². The highest BCUT2D eigenvalue weighted by molar-refractivity contribution is 5.76. The maximum Gasteiger partial charge on any atom is 0.260 e. The van der Waals surface area contributed by atoms with Gasteiger partial charge in [-0.05, 0) is 18.2 Å². The van der Waals surface area contributed by atoms with Crippen LogP contribution in [0, 0.1) is 0 Å². The molecule has 0 atom stereocenters. The Morgan fingerprint density at radius 3 is 2.94 bits per heavy atom. The number of hydrogen-bond acceptors (Lipinski definition) is 3. The predicted octanol–water partition coefficient (Wildman–Crippen LogP) is 1.11. The largest absolute Gasteiger partial charge is 0.313 e. The summed E-state index contributed by atoms with van der Waals surface area (Å²) >= 11 is 0. The van der Waals surface area contributed by atoms with Crippen LogP contribution in [0.2, 0.25) is 0 Å². The molecule has 0 amide bonds. The van der Waals surface area contributed by atoms with Crippen LogP contribution in [0.15, 0.2) is 47.8 Å². The van der Waals surface area contributed by atoms with Crippen LogP contribution >= 0.6 is 0 Å². The molecule has 0 fully saturated rings. The number of pyridine rings is 1. The first kappa shape index (κ1) is 8.84. The lowest BCUT2D eigenvalue weighted by atomic mass is 10.4. The Morgan fingerprint density at radius 2 is 2.12 bits per heavy atom. The molecule has 78 valence electrons. The molecule has 16 heavy (non-hydrogen) atoms. The zero-order valence-corrected chi connectivity index (χ0v) is 8.29. The molecule has 0 radical (unpaired) electrons. The third kappa shape index (κ3) is 1.22. The summed E-state index contributed by atoms with van der Waals surface area (Å²) in [5.41, 5.74) is 0.474. The number of nitrogens with zero attached hydrogens (tertiary/aromatic N) is 3. The van der Waals surface area contributed by atoms with Crippen molar-refractivity contribution in [2.45, 2.75) is 0 Å². The Morgan fingerprint density at radius 1 is 1.19 bits per heavy atom. The quantitative estimate of drug-likeness (QED) is 0.657. The van der Waals surface area contributed by atoms with Gasteiger partial charge in [0.1, 0.15) is 5.82 Å². The zero-order chi connectivity index (χ0) is 11.0. The zero-order valence-electron chi connectivity index (χ0n) is 8.29. The summed E-state index contributed by atoms with van der Waals surface area (Å²) in [6, 6.07) is 7.33. The van der Waals surface area contributed by atoms with Crippen LogP contribution in [0.25, 0.3) is 16.9 Å². The predicted molar refractivity (Wildman–Crippen MR) is 59.5 cm³/mol. The van der Waals surface area contributed by atoms with Crippen LogP contribution in [0.5, 0.6) is 0 Å². The van der Waals surface area contributed by atoms with Gasteiger partial charge in [-0.15, -0.1) is 0 Å². The normalized spacial score (nSPS) is 10.8. The Bertz CT molecular complexity index is 684. The second-order valence-corrected chi connectivity index (χ2v) is 3.34. The van der Waals surface area contributed by atoms with Crippen molar-refractivity contribution in [2.75, 3.05) is 0 Å². The number of aromatic nitrogens is 4. The van der Waals surface area contributed by atoms with Crippen LogP contribution in [0.3, 0.4) is 0 Å². The molecule has 3 rings (SSSR count). The molecule has 0 bridgehead atoms. The van der Waals surface area contributed by atoms with Gasteiger partial charge < -0.3 is 4.98 Å². The summed E-state index contributed by atoms with van der Waals surface area (Å²) < 4.78 is 1.78. The third-order valence-corrected chi connectivity index (χ3v) is 2.38. The molecule has 0 aliphatic rings. The van der Waals surface area contributed by atoms with E-state index in [0.29, 0.717) is 11.0 Å². The van der Waals surface area contributed by atoms with Gasteiger partial charge in [0.05, 0.1) is 11.7 Å². The monoisotopic (exact) mass is 212 g/mol. The van der Waals surface area contributed by atoms with Gasteiger partial charge >= 0.3 is 0 Å². The Kier molecular flexibility index (Phi) is 1.83. The summed E-state index contributed by atoms with van der Waals surface area (Å²) in [5.74, 6) is 0.746. The van der Waals surface area contributed by atoms with Crippen molar-refractivity contribution >= 4 is 11.0 Å². The van der Waals surface area contributed by atoms with Gasteiger partial charge in [0.15, 0.2) is 5.65 Å². The number of H-pyrrole nitrogens is 1. The molecule has 3 heterocycles. The van der Waals surface area contributed by atoms with Crippen molar-refractivity contribution in [3.63, 3.8) is 0 Å². The first-order valence-electron chi connectivity index (χ1n) is 4.82. The smallest absolute Gasteiger partial charge is 0.260 e. The highest BCUT2D eigenvalue weighted by Gasteiger charge is 2.06. The van der Waals surface area contributed by atoms with E-state index in [0.717, 1.165) is 5.82 Å². The fraction of sp³-hybridized carbons (Fsp3) is 0. The molecule has 3 aromatic rings. The van der Waals surface area contributed by atoms with E-state index in [1.165, 1.54) is 6.33 Å². The van der Waals surface area contributed by atoms with Gasteiger partial charge in [-0.1, -0.05) is 6.07 Å². The van der Waals surface area contributed by atoms with Crippen LogP contribution in [-0.4, -0.2) is 19.5 Å². The molecule has 3 aromatic heterocycles. The van der Waals surface area contributed by atoms with Crippen molar-refractivity contribution < 1.29 is 0 Å². The highest BCUT2D eigenvalue weighted by Crippen LogP contribution is 2.12. The molecular weight excluding hydrogens is 204 g/mol. The molecule has 0 saturated carbocycles. The van der Waals surface area contributed by atoms with E-state index >= 15 is 0 Å². The van der Waals surface area contributed by atoms with Crippen LogP contribution in [-0.2, 0) is 0 Å². The second kappa shape index (κ2) is 3.30. The Balaban J connectivity index is 2.34. The Labute approximate surface area is 90.4 Å². The molecule has 5 nitrogen and oxygen atoms in total. The van der Waals surface area contributed by atoms with E-state index in [1.54, 1.807) is 23.0 Å². The van der Waals surface area contributed by atoms with E-state index in [9.17, 15) is 4.79 Å². The maximum atomic E-state index is 11.5. The molecule has 0 aliphatic carbocycles. The van der Waals surface area contributed by atoms with Crippen LogP contribution in [0.4, 0.5) is 0 Å². The third-order valence-electron chi connectivity index (χ3n) is 2.38. The minimum atomic E-state index is -0.139. The summed E-state index contributed by atoms with van der Waals surface area (Å²) in [7, 11) is 0. The number of hydrogen-bond donors (Lipinski definition) is 1. The van der Waals surface area contributed by atoms with Crippen LogP contribution < -0.4 is 5.56 Å². The Hall–Kier alpha value is -2.43. The summed E-state index contributed by atoms with van der Waals surface area (Å²) in [4.78, 5) is 22.4. The van der Waals surface area contributed by atoms with E-state index in [4.69, 9.17) is 0 Å². The molecule has 0 aromatic carbocycles. The van der Waals surface area contributed by atoms with E-state index in [-0.39, 0.29) is 5.56 Å². The van der Waals surface area contributed by atoms with Crippen molar-refractivity contribution in [2.24, 2.45) is 0 Å². The molecule has 5 heteroatoms. The van der Waals surface area contributed by atoms with Gasteiger partial charge in [-0.2, -0.15) is 0 Å². The lowest BCUT2D eigenvalue weighted by Gasteiger charge is -2.01. The standard InChI is InChI=1S/C11H8N4O/c16-11-8-4-6-15(10(8)13-7-14-11)9-3-1-2-5-12-9/h1-7H,(H,13,14,16). The van der Waals surface area contributed by atoms with Crippen molar-refractivity contribution in [3.05, 3.63) is 53.3 Å². The molecule has 0 spiro atoms. The number of fused-ring (bicyclic) bond motifs is 1. The average Bonchev–Trinajstić information content (AvgIpc) is 2.75. The minimum absolute atomic E-state index is 0.139. The molecule has 0 saturated heterocycles. The van der Waals surface area contributed by atoms with E-state index in [2.05, 4.69) is 15.0 Å². The summed E-state index contributed by atoms with van der Waals surface area (Å²) in [6.07, 6.45) is 4.88. The van der Waals surface area contributed by atoms with Gasteiger partial charge in [0.25, 0.3) is 5.56 Å². The fourth-order valence-corrected chi connectivity index (χ4v) is 1.64. The number of nitrogens with one attached hydrogen (secondary N) is 1. The van der Waals surface area contributed by atoms with E-state index in [1.807, 2.05) is 18.2 Å². The SMILES string of the molecule is O=c1[nH]cnc2c1ccn2-c1ccccn1. The molecule has 0 aliphatic heterocycles. The van der Waals surface area contributed by atoms with Gasteiger partial charge in [0, 0.05) is 12.4 Å². The van der Waals surface area contributed by atoms with Gasteiger partial charge in [0.2, 0.25) is 0 Å². The first-order chi connectivity index (χ1) is 7.86. The minimum Gasteiger partial charge on any atom is -0.313 e. The highest BCUT2D eigenvalue weighted by atomic mass is 16.1. The average molecular weight is 212 g/mol. The second-order valence-electron chi connectivity index (χ2n) is 3.34. The maximum absolute atomic E-state index is 11.5. The van der Waals surface area contributed by atoms with Crippen LogP contribution in [0.1, 0.15) is 0 Å². The first-order valence-corrected chi connectivity index (χ1v) is 4.82. The lowest BCUT2D eigenvalue weighted by Crippen LogP contribution is -2.06. The topological polar surface area (TPSA) is 63.6 Å². The number of aromatic amines is 1. The van der Waals surface area contributed by atoms with Crippen molar-refractivity contribution in [3.8, 4) is 5.82 Å². The molecule has 1 N–H and O–H groups in total. The van der Waals surface area contributed by atoms with Gasteiger partial charge in [-0.3, -0.25) is 9.36 Å². The summed E-state index contributed by atoms with van der Waals surface area (Å²) in [5, 5.41) is 0.563. The lowest BCUT2D eigenvalue weighted by molar-refractivity contribution is 1.01. The summed E-state index contributed by atoms with van der Waals surface area (Å²) in [6.45, 7) is 0. The van der Waals surface area contributed by atoms with Crippen molar-refractivity contribution in [1.29, 1.82) is 0 Å². The fourth-order valence-electron chi connectivity index (χ4n) is 1.64. The van der Waals surface area contributed by atoms with E-state index < -0.39 is 0 Å². The van der Waals surface area contributed by atoms with Gasteiger partial charge in [-0.25, -0.2) is 9.97 Å². The number of rotatable bonds is 1. The molecular formula is C11H8N4O.